The Labute approximate surface area is 129 Å². The second-order valence-corrected chi connectivity index (χ2v) is 4.99. The minimum absolute atomic E-state index is 0.166. The average molecular weight is 336 g/mol. The summed E-state index contributed by atoms with van der Waals surface area (Å²) in [6.45, 7) is 0. The standard InChI is InChI=1S/C14H10Cl2F3NO/c15-10-6-3-5-9(12(10)16)13(20)8-4-1-2-7-11(8)21-14(17,18)19/h1-7,13H,20H2. The van der Waals surface area contributed by atoms with E-state index in [9.17, 15) is 13.2 Å². The molecule has 0 radical (unpaired) electrons. The Morgan fingerprint density at radius 3 is 2.24 bits per heavy atom. The Morgan fingerprint density at radius 2 is 1.57 bits per heavy atom. The third-order valence-electron chi connectivity index (χ3n) is 2.80. The summed E-state index contributed by atoms with van der Waals surface area (Å²) < 4.78 is 41.3. The maximum absolute atomic E-state index is 12.4. The molecule has 0 aliphatic carbocycles. The van der Waals surface area contributed by atoms with E-state index in [1.165, 1.54) is 18.2 Å². The van der Waals surface area contributed by atoms with Crippen molar-refractivity contribution in [3.05, 3.63) is 63.6 Å². The first-order chi connectivity index (χ1) is 9.79. The third kappa shape index (κ3) is 3.81. The van der Waals surface area contributed by atoms with E-state index < -0.39 is 12.4 Å². The van der Waals surface area contributed by atoms with Crippen LogP contribution >= 0.6 is 23.2 Å². The zero-order valence-electron chi connectivity index (χ0n) is 10.5. The zero-order valence-corrected chi connectivity index (χ0v) is 12.0. The molecule has 0 spiro atoms. The van der Waals surface area contributed by atoms with E-state index in [0.29, 0.717) is 5.56 Å². The fraction of sp³-hybridized carbons (Fsp3) is 0.143. The lowest BCUT2D eigenvalue weighted by Crippen LogP contribution is -2.20. The van der Waals surface area contributed by atoms with Crippen molar-refractivity contribution in [1.29, 1.82) is 0 Å². The monoisotopic (exact) mass is 335 g/mol. The Balaban J connectivity index is 2.44. The van der Waals surface area contributed by atoms with Gasteiger partial charge in [-0.05, 0) is 17.7 Å². The minimum Gasteiger partial charge on any atom is -0.405 e. The maximum Gasteiger partial charge on any atom is 0.573 e. The molecule has 112 valence electrons. The van der Waals surface area contributed by atoms with Gasteiger partial charge in [0.2, 0.25) is 0 Å². The molecular formula is C14H10Cl2F3NO. The SMILES string of the molecule is NC(c1ccccc1OC(F)(F)F)c1cccc(Cl)c1Cl. The van der Waals surface area contributed by atoms with Gasteiger partial charge in [-0.1, -0.05) is 53.5 Å². The summed E-state index contributed by atoms with van der Waals surface area (Å²) in [5, 5.41) is 0.479. The number of alkyl halides is 3. The number of rotatable bonds is 3. The van der Waals surface area contributed by atoms with Gasteiger partial charge in [0.1, 0.15) is 5.75 Å². The topological polar surface area (TPSA) is 35.2 Å². The van der Waals surface area contributed by atoms with E-state index in [2.05, 4.69) is 4.74 Å². The summed E-state index contributed by atoms with van der Waals surface area (Å²) in [6, 6.07) is 9.53. The predicted molar refractivity (Wildman–Crippen MR) is 75.6 cm³/mol. The molecule has 1 unspecified atom stereocenters. The first-order valence-electron chi connectivity index (χ1n) is 5.84. The van der Waals surface area contributed by atoms with E-state index in [1.807, 2.05) is 0 Å². The highest BCUT2D eigenvalue weighted by Gasteiger charge is 2.33. The lowest BCUT2D eigenvalue weighted by atomic mass is 9.99. The van der Waals surface area contributed by atoms with E-state index in [0.717, 1.165) is 0 Å². The molecule has 0 fully saturated rings. The van der Waals surface area contributed by atoms with Crippen molar-refractivity contribution in [2.75, 3.05) is 0 Å². The van der Waals surface area contributed by atoms with Crippen LogP contribution in [0.5, 0.6) is 5.75 Å². The molecule has 2 N–H and O–H groups in total. The Hall–Kier alpha value is -1.43. The molecule has 0 saturated carbocycles. The van der Waals surface area contributed by atoms with Crippen LogP contribution in [0.1, 0.15) is 17.2 Å². The number of benzene rings is 2. The molecule has 0 aliphatic rings. The van der Waals surface area contributed by atoms with Crippen LogP contribution in [0.2, 0.25) is 10.0 Å². The molecule has 0 aliphatic heterocycles. The highest BCUT2D eigenvalue weighted by molar-refractivity contribution is 6.42. The fourth-order valence-electron chi connectivity index (χ4n) is 1.88. The number of nitrogens with two attached hydrogens (primary N) is 1. The summed E-state index contributed by atoms with van der Waals surface area (Å²) in [5.41, 5.74) is 6.60. The number of hydrogen-bond acceptors (Lipinski definition) is 2. The van der Waals surface area contributed by atoms with Crippen molar-refractivity contribution < 1.29 is 17.9 Å². The van der Waals surface area contributed by atoms with Gasteiger partial charge < -0.3 is 10.5 Å². The number of para-hydroxylation sites is 1. The summed E-state index contributed by atoms with van der Waals surface area (Å²) in [5.74, 6) is -0.367. The van der Waals surface area contributed by atoms with Crippen LogP contribution in [-0.2, 0) is 0 Å². The lowest BCUT2D eigenvalue weighted by molar-refractivity contribution is -0.274. The van der Waals surface area contributed by atoms with E-state index in [1.54, 1.807) is 24.3 Å². The molecule has 2 aromatic rings. The first-order valence-corrected chi connectivity index (χ1v) is 6.59. The number of ether oxygens (including phenoxy) is 1. The van der Waals surface area contributed by atoms with Crippen molar-refractivity contribution in [3.63, 3.8) is 0 Å². The van der Waals surface area contributed by atoms with E-state index >= 15 is 0 Å². The molecule has 0 amide bonds. The lowest BCUT2D eigenvalue weighted by Gasteiger charge is -2.19. The second kappa shape index (κ2) is 6.13. The largest absolute Gasteiger partial charge is 0.573 e. The van der Waals surface area contributed by atoms with Crippen LogP contribution in [0, 0.1) is 0 Å². The summed E-state index contributed by atoms with van der Waals surface area (Å²) in [7, 11) is 0. The van der Waals surface area contributed by atoms with Crippen LogP contribution in [0.3, 0.4) is 0 Å². The maximum atomic E-state index is 12.4. The minimum atomic E-state index is -4.80. The Morgan fingerprint density at radius 1 is 0.952 bits per heavy atom. The van der Waals surface area contributed by atoms with Gasteiger partial charge >= 0.3 is 6.36 Å². The molecule has 7 heteroatoms. The molecule has 2 nitrogen and oxygen atoms in total. The first kappa shape index (κ1) is 15.9. The van der Waals surface area contributed by atoms with Gasteiger partial charge in [0.15, 0.2) is 0 Å². The Bertz CT molecular complexity index is 646. The molecule has 0 heterocycles. The quantitative estimate of drug-likeness (QED) is 0.862. The van der Waals surface area contributed by atoms with Gasteiger partial charge in [0.25, 0.3) is 0 Å². The summed E-state index contributed by atoms with van der Waals surface area (Å²) in [4.78, 5) is 0. The van der Waals surface area contributed by atoms with Crippen molar-refractivity contribution in [1.82, 2.24) is 0 Å². The van der Waals surface area contributed by atoms with Crippen molar-refractivity contribution in [2.45, 2.75) is 12.4 Å². The van der Waals surface area contributed by atoms with Crippen LogP contribution in [0.4, 0.5) is 13.2 Å². The van der Waals surface area contributed by atoms with Crippen LogP contribution < -0.4 is 10.5 Å². The van der Waals surface area contributed by atoms with Gasteiger partial charge in [-0.3, -0.25) is 0 Å². The molecule has 0 bridgehead atoms. The van der Waals surface area contributed by atoms with Crippen molar-refractivity contribution in [3.8, 4) is 5.75 Å². The van der Waals surface area contributed by atoms with Gasteiger partial charge in [-0.25, -0.2) is 0 Å². The molecular weight excluding hydrogens is 326 g/mol. The van der Waals surface area contributed by atoms with Crippen LogP contribution in [-0.4, -0.2) is 6.36 Å². The molecule has 2 rings (SSSR count). The van der Waals surface area contributed by atoms with E-state index in [4.69, 9.17) is 28.9 Å². The highest BCUT2D eigenvalue weighted by Crippen LogP contribution is 2.36. The van der Waals surface area contributed by atoms with Crippen LogP contribution in [0.15, 0.2) is 42.5 Å². The second-order valence-electron chi connectivity index (χ2n) is 4.21. The smallest absolute Gasteiger partial charge is 0.405 e. The Kier molecular flexibility index (Phi) is 4.66. The fourth-order valence-corrected chi connectivity index (χ4v) is 2.31. The third-order valence-corrected chi connectivity index (χ3v) is 3.63. The van der Waals surface area contributed by atoms with Gasteiger partial charge in [-0.15, -0.1) is 13.2 Å². The van der Waals surface area contributed by atoms with Crippen LogP contribution in [0.25, 0.3) is 0 Å². The van der Waals surface area contributed by atoms with Crippen molar-refractivity contribution >= 4 is 23.2 Å². The van der Waals surface area contributed by atoms with Gasteiger partial charge in [-0.2, -0.15) is 0 Å². The molecule has 2 aromatic carbocycles. The molecule has 21 heavy (non-hydrogen) atoms. The summed E-state index contributed by atoms with van der Waals surface area (Å²) in [6.07, 6.45) is -4.80. The number of hydrogen-bond donors (Lipinski definition) is 1. The molecule has 0 saturated heterocycles. The normalized spacial score (nSPS) is 13.0. The number of halogens is 5. The highest BCUT2D eigenvalue weighted by atomic mass is 35.5. The van der Waals surface area contributed by atoms with Crippen molar-refractivity contribution in [2.24, 2.45) is 5.73 Å². The average Bonchev–Trinajstić information content (AvgIpc) is 2.40. The molecule has 1 atom stereocenters. The predicted octanol–water partition coefficient (Wildman–Crippen LogP) is 4.94. The van der Waals surface area contributed by atoms with E-state index in [-0.39, 0.29) is 21.4 Å². The molecule has 0 aromatic heterocycles. The zero-order chi connectivity index (χ0) is 15.6. The van der Waals surface area contributed by atoms with Gasteiger partial charge in [0, 0.05) is 5.56 Å². The summed E-state index contributed by atoms with van der Waals surface area (Å²) >= 11 is 11.9. The van der Waals surface area contributed by atoms with Gasteiger partial charge in [0.05, 0.1) is 16.1 Å².